The van der Waals surface area contributed by atoms with Crippen LogP contribution in [0.2, 0.25) is 0 Å². The van der Waals surface area contributed by atoms with Crippen LogP contribution in [0.25, 0.3) is 0 Å². The molecular weight excluding hydrogens is 267 g/mol. The van der Waals surface area contributed by atoms with Crippen LogP contribution in [0.1, 0.15) is 27.0 Å². The summed E-state index contributed by atoms with van der Waals surface area (Å²) in [6.07, 6.45) is 0.798. The van der Waals surface area contributed by atoms with Crippen LogP contribution in [0, 0.1) is 12.7 Å². The molecule has 1 aliphatic rings. The van der Waals surface area contributed by atoms with Crippen molar-refractivity contribution in [3.63, 3.8) is 0 Å². The molecule has 0 spiro atoms. The van der Waals surface area contributed by atoms with E-state index in [9.17, 15) is 9.18 Å². The summed E-state index contributed by atoms with van der Waals surface area (Å²) in [4.78, 5) is 14.4. The van der Waals surface area contributed by atoms with Gasteiger partial charge < -0.3 is 10.6 Å². The van der Waals surface area contributed by atoms with E-state index in [4.69, 9.17) is 5.73 Å². The fraction of sp³-hybridized carbons (Fsp3) is 0.235. The molecule has 1 aliphatic heterocycles. The number of hydrogen-bond acceptors (Lipinski definition) is 2. The third kappa shape index (κ3) is 2.49. The average molecular weight is 284 g/mol. The summed E-state index contributed by atoms with van der Waals surface area (Å²) in [7, 11) is 0. The number of benzene rings is 2. The molecular formula is C17H17FN2O. The lowest BCUT2D eigenvalue weighted by atomic mass is 9.97. The van der Waals surface area contributed by atoms with E-state index in [1.807, 2.05) is 12.1 Å². The highest BCUT2D eigenvalue weighted by Crippen LogP contribution is 2.25. The second kappa shape index (κ2) is 5.20. The number of aryl methyl sites for hydroxylation is 1. The minimum atomic E-state index is -0.322. The van der Waals surface area contributed by atoms with Crippen LogP contribution < -0.4 is 5.73 Å². The fourth-order valence-corrected chi connectivity index (χ4v) is 2.82. The van der Waals surface area contributed by atoms with Gasteiger partial charge in [-0.05, 0) is 54.3 Å². The summed E-state index contributed by atoms with van der Waals surface area (Å²) in [5.41, 5.74) is 10.2. The van der Waals surface area contributed by atoms with Crippen molar-refractivity contribution in [1.29, 1.82) is 0 Å². The van der Waals surface area contributed by atoms with Crippen LogP contribution in [0.15, 0.2) is 36.4 Å². The number of carbonyl (C=O) groups excluding carboxylic acids is 1. The summed E-state index contributed by atoms with van der Waals surface area (Å²) in [5.74, 6) is -0.390. The number of nitrogens with zero attached hydrogens (tertiary/aromatic N) is 1. The summed E-state index contributed by atoms with van der Waals surface area (Å²) in [6, 6.07) is 10.1. The number of rotatable bonds is 1. The molecule has 0 saturated carbocycles. The molecule has 2 N–H and O–H groups in total. The number of fused-ring (bicyclic) bond motifs is 1. The molecule has 3 rings (SSSR count). The van der Waals surface area contributed by atoms with Crippen LogP contribution in [-0.2, 0) is 13.0 Å². The van der Waals surface area contributed by atoms with Gasteiger partial charge in [0.2, 0.25) is 0 Å². The zero-order chi connectivity index (χ0) is 15.0. The van der Waals surface area contributed by atoms with Crippen LogP contribution >= 0.6 is 0 Å². The lowest BCUT2D eigenvalue weighted by Gasteiger charge is -2.30. The fourth-order valence-electron chi connectivity index (χ4n) is 2.82. The third-order valence-corrected chi connectivity index (χ3v) is 4.02. The molecule has 4 heteroatoms. The SMILES string of the molecule is Cc1cc(F)ccc1C(=O)N1CCc2cccc(N)c2C1. The smallest absolute Gasteiger partial charge is 0.254 e. The Morgan fingerprint density at radius 2 is 2.10 bits per heavy atom. The first-order valence-corrected chi connectivity index (χ1v) is 6.98. The van der Waals surface area contributed by atoms with Gasteiger partial charge in [0, 0.05) is 24.3 Å². The van der Waals surface area contributed by atoms with Crippen molar-refractivity contribution in [3.05, 3.63) is 64.5 Å². The highest BCUT2D eigenvalue weighted by atomic mass is 19.1. The van der Waals surface area contributed by atoms with Crippen molar-refractivity contribution in [2.45, 2.75) is 19.9 Å². The topological polar surface area (TPSA) is 46.3 Å². The normalized spacial score (nSPS) is 13.9. The first kappa shape index (κ1) is 13.6. The highest BCUT2D eigenvalue weighted by molar-refractivity contribution is 5.95. The van der Waals surface area contributed by atoms with Gasteiger partial charge in [0.25, 0.3) is 5.91 Å². The molecule has 0 saturated heterocycles. The minimum Gasteiger partial charge on any atom is -0.398 e. The van der Waals surface area contributed by atoms with Gasteiger partial charge in [0.15, 0.2) is 0 Å². The van der Waals surface area contributed by atoms with E-state index in [0.29, 0.717) is 24.2 Å². The first-order valence-electron chi connectivity index (χ1n) is 6.98. The highest BCUT2D eigenvalue weighted by Gasteiger charge is 2.24. The number of anilines is 1. The number of amides is 1. The summed E-state index contributed by atoms with van der Waals surface area (Å²) in [5, 5.41) is 0. The van der Waals surface area contributed by atoms with E-state index < -0.39 is 0 Å². The van der Waals surface area contributed by atoms with Gasteiger partial charge in [0.1, 0.15) is 5.82 Å². The van der Waals surface area contributed by atoms with E-state index >= 15 is 0 Å². The average Bonchev–Trinajstić information content (AvgIpc) is 2.47. The molecule has 2 aromatic rings. The largest absolute Gasteiger partial charge is 0.398 e. The monoisotopic (exact) mass is 284 g/mol. The molecule has 2 aromatic carbocycles. The second-order valence-electron chi connectivity index (χ2n) is 5.42. The van der Waals surface area contributed by atoms with Crippen LogP contribution in [-0.4, -0.2) is 17.4 Å². The molecule has 1 amide bonds. The standard InChI is InChI=1S/C17H17FN2O/c1-11-9-13(18)5-6-14(11)17(21)20-8-7-12-3-2-4-16(19)15(12)10-20/h2-6,9H,7-8,10,19H2,1H3. The van der Waals surface area contributed by atoms with Crippen LogP contribution in [0.4, 0.5) is 10.1 Å². The van der Waals surface area contributed by atoms with Gasteiger partial charge in [-0.15, -0.1) is 0 Å². The number of nitrogen functional groups attached to an aromatic ring is 1. The van der Waals surface area contributed by atoms with Gasteiger partial charge in [-0.3, -0.25) is 4.79 Å². The molecule has 0 atom stereocenters. The number of carbonyl (C=O) groups is 1. The Labute approximate surface area is 123 Å². The Kier molecular flexibility index (Phi) is 3.37. The van der Waals surface area contributed by atoms with E-state index in [1.165, 1.54) is 17.7 Å². The zero-order valence-electron chi connectivity index (χ0n) is 11.9. The number of nitrogens with two attached hydrogens (primary N) is 1. The van der Waals surface area contributed by atoms with E-state index in [0.717, 1.165) is 17.7 Å². The lowest BCUT2D eigenvalue weighted by Crippen LogP contribution is -2.36. The minimum absolute atomic E-state index is 0.0681. The quantitative estimate of drug-likeness (QED) is 0.818. The summed E-state index contributed by atoms with van der Waals surface area (Å²) >= 11 is 0. The maximum Gasteiger partial charge on any atom is 0.254 e. The predicted octanol–water partition coefficient (Wildman–Crippen LogP) is 2.91. The van der Waals surface area contributed by atoms with Crippen molar-refractivity contribution < 1.29 is 9.18 Å². The molecule has 0 aliphatic carbocycles. The molecule has 108 valence electrons. The van der Waals surface area contributed by atoms with Gasteiger partial charge in [-0.2, -0.15) is 0 Å². The van der Waals surface area contributed by atoms with E-state index in [-0.39, 0.29) is 11.7 Å². The first-order chi connectivity index (χ1) is 10.1. The van der Waals surface area contributed by atoms with E-state index in [1.54, 1.807) is 17.9 Å². The Bertz CT molecular complexity index is 712. The van der Waals surface area contributed by atoms with E-state index in [2.05, 4.69) is 6.07 Å². The lowest BCUT2D eigenvalue weighted by molar-refractivity contribution is 0.0734. The van der Waals surface area contributed by atoms with Crippen molar-refractivity contribution in [3.8, 4) is 0 Å². The number of hydrogen-bond donors (Lipinski definition) is 1. The number of halogens is 1. The maximum atomic E-state index is 13.2. The Hall–Kier alpha value is -2.36. The van der Waals surface area contributed by atoms with Gasteiger partial charge in [0.05, 0.1) is 0 Å². The van der Waals surface area contributed by atoms with Gasteiger partial charge in [-0.25, -0.2) is 4.39 Å². The van der Waals surface area contributed by atoms with Gasteiger partial charge in [-0.1, -0.05) is 12.1 Å². The molecule has 0 fully saturated rings. The van der Waals surface area contributed by atoms with Crippen molar-refractivity contribution >= 4 is 11.6 Å². The third-order valence-electron chi connectivity index (χ3n) is 4.02. The van der Waals surface area contributed by atoms with Crippen LogP contribution in [0.5, 0.6) is 0 Å². The zero-order valence-corrected chi connectivity index (χ0v) is 11.9. The summed E-state index contributed by atoms with van der Waals surface area (Å²) in [6.45, 7) is 2.92. The molecule has 0 bridgehead atoms. The Morgan fingerprint density at radius 3 is 2.86 bits per heavy atom. The van der Waals surface area contributed by atoms with Gasteiger partial charge >= 0.3 is 0 Å². The maximum absolute atomic E-state index is 13.2. The van der Waals surface area contributed by atoms with Crippen molar-refractivity contribution in [1.82, 2.24) is 4.90 Å². The molecule has 21 heavy (non-hydrogen) atoms. The Morgan fingerprint density at radius 1 is 1.29 bits per heavy atom. The molecule has 0 unspecified atom stereocenters. The molecule has 0 radical (unpaired) electrons. The van der Waals surface area contributed by atoms with Crippen LogP contribution in [0.3, 0.4) is 0 Å². The molecule has 3 nitrogen and oxygen atoms in total. The predicted molar refractivity (Wildman–Crippen MR) is 80.4 cm³/mol. The second-order valence-corrected chi connectivity index (χ2v) is 5.42. The molecule has 1 heterocycles. The van der Waals surface area contributed by atoms with Crippen molar-refractivity contribution in [2.24, 2.45) is 0 Å². The van der Waals surface area contributed by atoms with Crippen molar-refractivity contribution in [2.75, 3.05) is 12.3 Å². The Balaban J connectivity index is 1.89. The summed E-state index contributed by atoms with van der Waals surface area (Å²) < 4.78 is 13.2. The molecule has 0 aromatic heterocycles.